The first-order valence-corrected chi connectivity index (χ1v) is 7.81. The molecule has 118 valence electrons. The molecule has 0 radical (unpaired) electrons. The molecule has 2 rings (SSSR count). The Hall–Kier alpha value is -1.59. The normalized spacial score (nSPS) is 30.4. The maximum absolute atomic E-state index is 12.3. The van der Waals surface area contributed by atoms with Crippen LogP contribution in [-0.2, 0) is 9.59 Å². The van der Waals surface area contributed by atoms with Crippen LogP contribution in [0.4, 0.5) is 4.79 Å². The van der Waals surface area contributed by atoms with Crippen LogP contribution in [0.2, 0.25) is 0 Å². The summed E-state index contributed by atoms with van der Waals surface area (Å²) in [6.45, 7) is 5.95. The monoisotopic (exact) mass is 295 g/mol. The van der Waals surface area contributed by atoms with Crippen molar-refractivity contribution in [3.8, 4) is 0 Å². The van der Waals surface area contributed by atoms with E-state index in [0.717, 1.165) is 19.3 Å². The molecule has 1 saturated carbocycles. The van der Waals surface area contributed by atoms with Crippen LogP contribution in [0.5, 0.6) is 0 Å². The smallest absolute Gasteiger partial charge is 0.325 e. The number of imide groups is 1. The lowest BCUT2D eigenvalue weighted by Gasteiger charge is -2.40. The molecule has 2 fully saturated rings. The molecule has 2 aliphatic rings. The summed E-state index contributed by atoms with van der Waals surface area (Å²) in [6, 6.07) is -0.367. The third-order valence-corrected chi connectivity index (χ3v) is 4.70. The van der Waals surface area contributed by atoms with Crippen molar-refractivity contribution >= 4 is 17.8 Å². The molecule has 1 spiro atoms. The van der Waals surface area contributed by atoms with Crippen LogP contribution in [0.1, 0.15) is 52.9 Å². The van der Waals surface area contributed by atoms with Crippen molar-refractivity contribution in [2.45, 2.75) is 64.5 Å². The van der Waals surface area contributed by atoms with E-state index in [2.05, 4.69) is 17.6 Å². The highest BCUT2D eigenvalue weighted by atomic mass is 16.2. The number of carbonyl (C=O) groups is 3. The summed E-state index contributed by atoms with van der Waals surface area (Å²) in [7, 11) is 0. The molecule has 1 heterocycles. The Balaban J connectivity index is 2.13. The molecule has 0 aromatic heterocycles. The number of hydrogen-bond acceptors (Lipinski definition) is 3. The predicted molar refractivity (Wildman–Crippen MR) is 78.5 cm³/mol. The van der Waals surface area contributed by atoms with E-state index in [1.807, 2.05) is 13.8 Å². The molecule has 4 amide bonds. The number of nitrogens with one attached hydrogen (secondary N) is 2. The van der Waals surface area contributed by atoms with Gasteiger partial charge < -0.3 is 10.2 Å². The molecular formula is C15H25N3O3. The third-order valence-electron chi connectivity index (χ3n) is 4.70. The lowest BCUT2D eigenvalue weighted by atomic mass is 9.75. The fourth-order valence-corrected chi connectivity index (χ4v) is 3.36. The molecule has 6 nitrogen and oxygen atoms in total. The Labute approximate surface area is 125 Å². The first-order chi connectivity index (χ1) is 9.89. The number of rotatable bonds is 4. The van der Waals surface area contributed by atoms with Crippen LogP contribution in [0.3, 0.4) is 0 Å². The van der Waals surface area contributed by atoms with E-state index in [0.29, 0.717) is 18.8 Å². The minimum Gasteiger partial charge on any atom is -0.352 e. The fraction of sp³-hybridized carbons (Fsp3) is 0.800. The minimum atomic E-state index is -0.818. The Morgan fingerprint density at radius 3 is 2.86 bits per heavy atom. The molecule has 2 N–H and O–H groups in total. The van der Waals surface area contributed by atoms with Gasteiger partial charge in [-0.25, -0.2) is 4.79 Å². The van der Waals surface area contributed by atoms with Crippen molar-refractivity contribution in [3.63, 3.8) is 0 Å². The van der Waals surface area contributed by atoms with Crippen LogP contribution in [-0.4, -0.2) is 40.9 Å². The predicted octanol–water partition coefficient (Wildman–Crippen LogP) is 1.40. The van der Waals surface area contributed by atoms with Gasteiger partial charge in [0, 0.05) is 6.04 Å². The highest BCUT2D eigenvalue weighted by Gasteiger charge is 2.54. The molecule has 0 bridgehead atoms. The van der Waals surface area contributed by atoms with Gasteiger partial charge in [0.2, 0.25) is 5.91 Å². The van der Waals surface area contributed by atoms with Gasteiger partial charge >= 0.3 is 6.03 Å². The van der Waals surface area contributed by atoms with Crippen LogP contribution in [0.25, 0.3) is 0 Å². The van der Waals surface area contributed by atoms with E-state index in [9.17, 15) is 14.4 Å². The number of hydrogen-bond donors (Lipinski definition) is 2. The largest absolute Gasteiger partial charge is 0.352 e. The van der Waals surface area contributed by atoms with E-state index in [1.54, 1.807) is 0 Å². The van der Waals surface area contributed by atoms with Gasteiger partial charge in [0.25, 0.3) is 5.91 Å². The molecule has 0 aromatic rings. The first kappa shape index (κ1) is 15.8. The quantitative estimate of drug-likeness (QED) is 0.770. The van der Waals surface area contributed by atoms with Gasteiger partial charge in [0.05, 0.1) is 0 Å². The SMILES string of the molecule is CCC(C)NC(=O)CN1C(=O)NC(=O)C12CCCC(C)C2. The number of carbonyl (C=O) groups excluding carboxylic acids is 3. The Bertz CT molecular complexity index is 451. The number of nitrogens with zero attached hydrogens (tertiary/aromatic N) is 1. The topological polar surface area (TPSA) is 78.5 Å². The van der Waals surface area contributed by atoms with E-state index in [-0.39, 0.29) is 24.4 Å². The molecule has 21 heavy (non-hydrogen) atoms. The van der Waals surface area contributed by atoms with E-state index in [4.69, 9.17) is 0 Å². The second-order valence-electron chi connectivity index (χ2n) is 6.46. The second-order valence-corrected chi connectivity index (χ2v) is 6.46. The van der Waals surface area contributed by atoms with Crippen molar-refractivity contribution in [1.82, 2.24) is 15.5 Å². The molecule has 3 unspecified atom stereocenters. The van der Waals surface area contributed by atoms with E-state index < -0.39 is 11.6 Å². The van der Waals surface area contributed by atoms with Gasteiger partial charge in [0.15, 0.2) is 0 Å². The summed E-state index contributed by atoms with van der Waals surface area (Å²) in [4.78, 5) is 37.9. The average molecular weight is 295 g/mol. The Morgan fingerprint density at radius 2 is 2.24 bits per heavy atom. The Kier molecular flexibility index (Phi) is 4.54. The summed E-state index contributed by atoms with van der Waals surface area (Å²) in [5.74, 6) is -0.0577. The molecule has 1 aliphatic heterocycles. The van der Waals surface area contributed by atoms with Gasteiger partial charge in [-0.05, 0) is 32.1 Å². The summed E-state index contributed by atoms with van der Waals surface area (Å²) in [6.07, 6.45) is 4.09. The van der Waals surface area contributed by atoms with Gasteiger partial charge in [-0.2, -0.15) is 0 Å². The Morgan fingerprint density at radius 1 is 1.52 bits per heavy atom. The van der Waals surface area contributed by atoms with Crippen LogP contribution in [0.15, 0.2) is 0 Å². The summed E-state index contributed by atoms with van der Waals surface area (Å²) in [5, 5.41) is 5.24. The first-order valence-electron chi connectivity index (χ1n) is 7.81. The van der Waals surface area contributed by atoms with E-state index in [1.165, 1.54) is 4.90 Å². The van der Waals surface area contributed by atoms with E-state index >= 15 is 0 Å². The number of amides is 4. The maximum Gasteiger partial charge on any atom is 0.325 e. The molecule has 6 heteroatoms. The van der Waals surface area contributed by atoms with Gasteiger partial charge in [-0.1, -0.05) is 26.7 Å². The minimum absolute atomic E-state index is 0.0470. The lowest BCUT2D eigenvalue weighted by Crippen LogP contribution is -2.55. The standard InChI is InChI=1S/C15H25N3O3/c1-4-11(3)16-12(19)9-18-14(21)17-13(20)15(18)7-5-6-10(2)8-15/h10-11H,4-9H2,1-3H3,(H,16,19)(H,17,20,21). The molecule has 0 aromatic carbocycles. The highest BCUT2D eigenvalue weighted by molar-refractivity contribution is 6.08. The number of urea groups is 1. The maximum atomic E-state index is 12.3. The van der Waals surface area contributed by atoms with Crippen molar-refractivity contribution in [2.75, 3.05) is 6.54 Å². The van der Waals surface area contributed by atoms with Crippen LogP contribution >= 0.6 is 0 Å². The van der Waals surface area contributed by atoms with Crippen molar-refractivity contribution < 1.29 is 14.4 Å². The molecule has 1 aliphatic carbocycles. The zero-order chi connectivity index (χ0) is 15.6. The summed E-state index contributed by atoms with van der Waals surface area (Å²) < 4.78 is 0. The van der Waals surface area contributed by atoms with Crippen LogP contribution in [0, 0.1) is 5.92 Å². The van der Waals surface area contributed by atoms with Crippen molar-refractivity contribution in [2.24, 2.45) is 5.92 Å². The molecular weight excluding hydrogens is 270 g/mol. The van der Waals surface area contributed by atoms with Crippen LogP contribution < -0.4 is 10.6 Å². The second kappa shape index (κ2) is 6.03. The zero-order valence-corrected chi connectivity index (χ0v) is 13.1. The lowest BCUT2D eigenvalue weighted by molar-refractivity contribution is -0.131. The molecule has 3 atom stereocenters. The average Bonchev–Trinajstić information content (AvgIpc) is 2.63. The third kappa shape index (κ3) is 3.04. The van der Waals surface area contributed by atoms with Gasteiger partial charge in [-0.15, -0.1) is 0 Å². The van der Waals surface area contributed by atoms with Crippen molar-refractivity contribution in [1.29, 1.82) is 0 Å². The summed E-state index contributed by atoms with van der Waals surface area (Å²) in [5.41, 5.74) is -0.818. The molecule has 1 saturated heterocycles. The fourth-order valence-electron chi connectivity index (χ4n) is 3.36. The van der Waals surface area contributed by atoms with Crippen molar-refractivity contribution in [3.05, 3.63) is 0 Å². The zero-order valence-electron chi connectivity index (χ0n) is 13.1. The van der Waals surface area contributed by atoms with Gasteiger partial charge in [0.1, 0.15) is 12.1 Å². The summed E-state index contributed by atoms with van der Waals surface area (Å²) >= 11 is 0. The highest BCUT2D eigenvalue weighted by Crippen LogP contribution is 2.39. The van der Waals surface area contributed by atoms with Gasteiger partial charge in [-0.3, -0.25) is 14.9 Å².